The normalized spacial score (nSPS) is 12.2. The van der Waals surface area contributed by atoms with Crippen LogP contribution in [0, 0.1) is 6.92 Å². The van der Waals surface area contributed by atoms with E-state index in [1.54, 1.807) is 23.9 Å². The molecule has 0 aromatic carbocycles. The lowest BCUT2D eigenvalue weighted by atomic mass is 10.3. The van der Waals surface area contributed by atoms with E-state index < -0.39 is 0 Å². The molecule has 0 aliphatic carbocycles. The number of hydrogen-bond donors (Lipinski definition) is 2. The predicted molar refractivity (Wildman–Crippen MR) is 103 cm³/mol. The summed E-state index contributed by atoms with van der Waals surface area (Å²) < 4.78 is 0. The van der Waals surface area contributed by atoms with E-state index in [0.29, 0.717) is 17.3 Å². The minimum atomic E-state index is -0.235. The fraction of sp³-hybridized carbons (Fsp3) is 0.438. The summed E-state index contributed by atoms with van der Waals surface area (Å²) in [5.74, 6) is 1.45. The second-order valence-corrected chi connectivity index (χ2v) is 7.84. The van der Waals surface area contributed by atoms with Gasteiger partial charge in [0, 0.05) is 18.3 Å². The van der Waals surface area contributed by atoms with Crippen LogP contribution in [0.25, 0.3) is 0 Å². The molecule has 2 N–H and O–H groups in total. The molecule has 2 rings (SSSR count). The number of halogens is 1. The van der Waals surface area contributed by atoms with E-state index in [-0.39, 0.29) is 11.2 Å². The van der Waals surface area contributed by atoms with E-state index in [2.05, 4.69) is 26.5 Å². The third-order valence-electron chi connectivity index (χ3n) is 3.40. The average molecular weight is 385 g/mol. The van der Waals surface area contributed by atoms with Crippen LogP contribution in [-0.2, 0) is 11.2 Å². The van der Waals surface area contributed by atoms with Gasteiger partial charge in [0.05, 0.1) is 16.0 Å². The number of carbonyl (C=O) groups excluding carboxylic acids is 1. The minimum absolute atomic E-state index is 0.0861. The van der Waals surface area contributed by atoms with Crippen LogP contribution in [0.2, 0.25) is 5.02 Å². The van der Waals surface area contributed by atoms with Crippen molar-refractivity contribution in [2.45, 2.75) is 37.1 Å². The van der Waals surface area contributed by atoms with Gasteiger partial charge >= 0.3 is 0 Å². The van der Waals surface area contributed by atoms with Crippen molar-refractivity contribution < 1.29 is 4.79 Å². The first-order valence-corrected chi connectivity index (χ1v) is 10.3. The minimum Gasteiger partial charge on any atom is -0.337 e. The highest BCUT2D eigenvalue weighted by Crippen LogP contribution is 2.25. The van der Waals surface area contributed by atoms with Gasteiger partial charge in [-0.25, -0.2) is 9.97 Å². The molecule has 0 spiro atoms. The van der Waals surface area contributed by atoms with Gasteiger partial charge in [0.15, 0.2) is 5.16 Å². The Morgan fingerprint density at radius 1 is 1.46 bits per heavy atom. The SMILES string of the molecule is CC[C@@H](Sc1nc(CCSC)c(C)[nH]1)C(=O)Nc1ccc(Cl)cn1. The molecule has 0 aliphatic heterocycles. The molecular weight excluding hydrogens is 364 g/mol. The summed E-state index contributed by atoms with van der Waals surface area (Å²) in [5, 5.41) is 3.91. The van der Waals surface area contributed by atoms with Gasteiger partial charge in [-0.3, -0.25) is 4.79 Å². The molecule has 1 atom stereocenters. The Kier molecular flexibility index (Phi) is 7.45. The monoisotopic (exact) mass is 384 g/mol. The van der Waals surface area contributed by atoms with Gasteiger partial charge in [-0.05, 0) is 37.5 Å². The molecule has 2 aromatic heterocycles. The van der Waals surface area contributed by atoms with Crippen LogP contribution < -0.4 is 5.32 Å². The number of nitrogens with one attached hydrogen (secondary N) is 2. The first-order valence-electron chi connectivity index (χ1n) is 7.67. The zero-order valence-corrected chi connectivity index (χ0v) is 16.3. The number of amides is 1. The van der Waals surface area contributed by atoms with Crippen molar-refractivity contribution in [3.8, 4) is 0 Å². The Balaban J connectivity index is 2.00. The lowest BCUT2D eigenvalue weighted by molar-refractivity contribution is -0.115. The van der Waals surface area contributed by atoms with Crippen molar-refractivity contribution in [3.05, 3.63) is 34.7 Å². The second kappa shape index (κ2) is 9.34. The number of anilines is 1. The molecule has 0 saturated carbocycles. The molecule has 0 radical (unpaired) electrons. The van der Waals surface area contributed by atoms with Crippen molar-refractivity contribution in [2.24, 2.45) is 0 Å². The number of aromatic amines is 1. The maximum Gasteiger partial charge on any atom is 0.239 e. The number of aryl methyl sites for hydroxylation is 2. The smallest absolute Gasteiger partial charge is 0.239 e. The van der Waals surface area contributed by atoms with E-state index in [1.165, 1.54) is 18.0 Å². The summed E-state index contributed by atoms with van der Waals surface area (Å²) in [6.07, 6.45) is 5.23. The third-order valence-corrected chi connectivity index (χ3v) is 5.49. The number of nitrogens with zero attached hydrogens (tertiary/aromatic N) is 2. The van der Waals surface area contributed by atoms with Crippen molar-refractivity contribution in [1.29, 1.82) is 0 Å². The zero-order valence-electron chi connectivity index (χ0n) is 13.9. The molecule has 0 fully saturated rings. The summed E-state index contributed by atoms with van der Waals surface area (Å²) in [5.41, 5.74) is 2.14. The number of rotatable bonds is 8. The number of thioether (sulfide) groups is 2. The first-order chi connectivity index (χ1) is 11.5. The molecule has 0 aliphatic rings. The standard InChI is InChI=1S/C16H21ClN4OS2/c1-4-13(15(22)21-14-6-5-11(17)9-18-14)24-16-19-10(2)12(20-16)7-8-23-3/h5-6,9,13H,4,7-8H2,1-3H3,(H,19,20)(H,18,21,22)/t13-/m1/s1. The Labute approximate surface area is 155 Å². The van der Waals surface area contributed by atoms with Gasteiger partial charge in [-0.15, -0.1) is 0 Å². The molecule has 2 heterocycles. The van der Waals surface area contributed by atoms with Crippen LogP contribution in [-0.4, -0.2) is 38.1 Å². The lowest BCUT2D eigenvalue weighted by Gasteiger charge is -2.12. The van der Waals surface area contributed by atoms with E-state index >= 15 is 0 Å². The van der Waals surface area contributed by atoms with Crippen molar-refractivity contribution in [3.63, 3.8) is 0 Å². The van der Waals surface area contributed by atoms with Crippen molar-refractivity contribution in [1.82, 2.24) is 15.0 Å². The topological polar surface area (TPSA) is 70.7 Å². The summed E-state index contributed by atoms with van der Waals surface area (Å²) in [4.78, 5) is 24.4. The molecule has 2 aromatic rings. The average Bonchev–Trinajstić information content (AvgIpc) is 2.92. The zero-order chi connectivity index (χ0) is 17.5. The summed E-state index contributed by atoms with van der Waals surface area (Å²) in [7, 11) is 0. The van der Waals surface area contributed by atoms with Crippen molar-refractivity contribution >= 4 is 46.8 Å². The quantitative estimate of drug-likeness (QED) is 0.668. The third kappa shape index (κ3) is 5.43. The molecule has 0 bridgehead atoms. The Hall–Kier alpha value is -1.18. The molecule has 0 saturated heterocycles. The van der Waals surface area contributed by atoms with Gasteiger partial charge in [0.1, 0.15) is 5.82 Å². The molecule has 0 unspecified atom stereocenters. The Morgan fingerprint density at radius 3 is 2.88 bits per heavy atom. The predicted octanol–water partition coefficient (Wildman–Crippen LogP) is 4.18. The largest absolute Gasteiger partial charge is 0.337 e. The van der Waals surface area contributed by atoms with Gasteiger partial charge in [-0.1, -0.05) is 30.3 Å². The number of carbonyl (C=O) groups is 1. The number of H-pyrrole nitrogens is 1. The maximum atomic E-state index is 12.4. The van der Waals surface area contributed by atoms with Gasteiger partial charge in [0.2, 0.25) is 5.91 Å². The fourth-order valence-corrected chi connectivity index (χ4v) is 3.56. The van der Waals surface area contributed by atoms with Crippen LogP contribution in [0.3, 0.4) is 0 Å². The lowest BCUT2D eigenvalue weighted by Crippen LogP contribution is -2.25. The number of imidazole rings is 1. The van der Waals surface area contributed by atoms with Crippen molar-refractivity contribution in [2.75, 3.05) is 17.3 Å². The molecule has 1 amide bonds. The van der Waals surface area contributed by atoms with Crippen LogP contribution in [0.4, 0.5) is 5.82 Å². The van der Waals surface area contributed by atoms with Gasteiger partial charge in [0.25, 0.3) is 0 Å². The Morgan fingerprint density at radius 2 is 2.25 bits per heavy atom. The first kappa shape index (κ1) is 19.1. The summed E-state index contributed by atoms with van der Waals surface area (Å²) in [6.45, 7) is 4.00. The molecule has 8 heteroatoms. The summed E-state index contributed by atoms with van der Waals surface area (Å²) >= 11 is 9.05. The molecule has 5 nitrogen and oxygen atoms in total. The molecule has 24 heavy (non-hydrogen) atoms. The highest BCUT2D eigenvalue weighted by molar-refractivity contribution is 8.00. The second-order valence-electron chi connectivity index (χ2n) is 5.22. The van der Waals surface area contributed by atoms with Gasteiger partial charge < -0.3 is 10.3 Å². The van der Waals surface area contributed by atoms with E-state index in [9.17, 15) is 4.79 Å². The Bertz CT molecular complexity index is 675. The number of aromatic nitrogens is 3. The highest BCUT2D eigenvalue weighted by Gasteiger charge is 2.20. The number of hydrogen-bond acceptors (Lipinski definition) is 5. The van der Waals surface area contributed by atoms with E-state index in [1.807, 2.05) is 13.8 Å². The summed E-state index contributed by atoms with van der Waals surface area (Å²) in [6, 6.07) is 3.39. The van der Waals surface area contributed by atoms with Crippen LogP contribution >= 0.6 is 35.1 Å². The van der Waals surface area contributed by atoms with Crippen LogP contribution in [0.15, 0.2) is 23.5 Å². The van der Waals surface area contributed by atoms with Crippen LogP contribution in [0.5, 0.6) is 0 Å². The van der Waals surface area contributed by atoms with Gasteiger partial charge in [-0.2, -0.15) is 11.8 Å². The molecular formula is C16H21ClN4OS2. The number of pyridine rings is 1. The van der Waals surface area contributed by atoms with E-state index in [4.69, 9.17) is 11.6 Å². The molecule has 130 valence electrons. The fourth-order valence-electron chi connectivity index (χ4n) is 2.08. The maximum absolute atomic E-state index is 12.4. The highest BCUT2D eigenvalue weighted by atomic mass is 35.5. The van der Waals surface area contributed by atoms with Crippen LogP contribution in [0.1, 0.15) is 24.7 Å². The van der Waals surface area contributed by atoms with E-state index in [0.717, 1.165) is 28.7 Å².